The van der Waals surface area contributed by atoms with E-state index in [0.29, 0.717) is 0 Å². The molecule has 13 heavy (non-hydrogen) atoms. The van der Waals surface area contributed by atoms with Crippen molar-refractivity contribution in [3.8, 4) is 0 Å². The second kappa shape index (κ2) is 5.17. The number of nitrogens with one attached hydrogen (secondary N) is 1. The second-order valence-electron chi connectivity index (χ2n) is 2.49. The van der Waals surface area contributed by atoms with Crippen molar-refractivity contribution in [1.29, 1.82) is 0 Å². The SMILES string of the molecule is C=C(Br)CNc1ccc(Br)cc1Br. The van der Waals surface area contributed by atoms with E-state index < -0.39 is 0 Å². The van der Waals surface area contributed by atoms with Crippen molar-refractivity contribution in [2.75, 3.05) is 11.9 Å². The zero-order chi connectivity index (χ0) is 9.84. The Morgan fingerprint density at radius 1 is 1.38 bits per heavy atom. The molecule has 1 N–H and O–H groups in total. The van der Waals surface area contributed by atoms with E-state index in [0.717, 1.165) is 25.7 Å². The van der Waals surface area contributed by atoms with Crippen LogP contribution in [0.2, 0.25) is 0 Å². The fourth-order valence-corrected chi connectivity index (χ4v) is 2.15. The van der Waals surface area contributed by atoms with Gasteiger partial charge < -0.3 is 5.32 Å². The smallest absolute Gasteiger partial charge is 0.0488 e. The molecule has 0 aliphatic rings. The van der Waals surface area contributed by atoms with E-state index in [9.17, 15) is 0 Å². The maximum atomic E-state index is 3.75. The van der Waals surface area contributed by atoms with Crippen molar-refractivity contribution < 1.29 is 0 Å². The van der Waals surface area contributed by atoms with E-state index >= 15 is 0 Å². The van der Waals surface area contributed by atoms with Crippen LogP contribution in [0.4, 0.5) is 5.69 Å². The Hall–Kier alpha value is 0.200. The van der Waals surface area contributed by atoms with Gasteiger partial charge in [-0.3, -0.25) is 0 Å². The van der Waals surface area contributed by atoms with Gasteiger partial charge in [-0.2, -0.15) is 0 Å². The minimum Gasteiger partial charge on any atom is -0.380 e. The van der Waals surface area contributed by atoms with E-state index in [2.05, 4.69) is 59.7 Å². The molecule has 0 aliphatic heterocycles. The number of anilines is 1. The molecule has 1 rings (SSSR count). The van der Waals surface area contributed by atoms with Crippen molar-refractivity contribution in [1.82, 2.24) is 0 Å². The Kier molecular flexibility index (Phi) is 4.49. The second-order valence-corrected chi connectivity index (χ2v) is 5.39. The summed E-state index contributed by atoms with van der Waals surface area (Å²) in [5.41, 5.74) is 1.06. The van der Waals surface area contributed by atoms with Crippen molar-refractivity contribution in [2.45, 2.75) is 0 Å². The molecule has 0 saturated heterocycles. The minimum absolute atomic E-state index is 0.722. The van der Waals surface area contributed by atoms with Crippen molar-refractivity contribution in [2.24, 2.45) is 0 Å². The Morgan fingerprint density at radius 2 is 2.08 bits per heavy atom. The van der Waals surface area contributed by atoms with Gasteiger partial charge in [0, 0.05) is 25.7 Å². The highest BCUT2D eigenvalue weighted by Gasteiger charge is 1.99. The molecule has 70 valence electrons. The summed E-state index contributed by atoms with van der Waals surface area (Å²) in [6, 6.07) is 5.99. The molecule has 0 aromatic heterocycles. The number of benzene rings is 1. The maximum Gasteiger partial charge on any atom is 0.0488 e. The van der Waals surface area contributed by atoms with Crippen LogP contribution in [0.3, 0.4) is 0 Å². The quantitative estimate of drug-likeness (QED) is 0.825. The van der Waals surface area contributed by atoms with Gasteiger partial charge >= 0.3 is 0 Å². The summed E-state index contributed by atoms with van der Waals surface area (Å²) in [4.78, 5) is 0. The van der Waals surface area contributed by atoms with Gasteiger partial charge in [-0.05, 0) is 34.1 Å². The van der Waals surface area contributed by atoms with Gasteiger partial charge in [-0.15, -0.1) is 0 Å². The van der Waals surface area contributed by atoms with E-state index in [1.807, 2.05) is 18.2 Å². The van der Waals surface area contributed by atoms with Crippen LogP contribution >= 0.6 is 47.8 Å². The fraction of sp³-hybridized carbons (Fsp3) is 0.111. The summed E-state index contributed by atoms with van der Waals surface area (Å²) >= 11 is 10.1. The standard InChI is InChI=1S/C9H8Br3N/c1-6(10)5-13-9-3-2-7(11)4-8(9)12/h2-4,13H,1,5H2. The molecule has 1 aromatic carbocycles. The lowest BCUT2D eigenvalue weighted by atomic mass is 10.3. The van der Waals surface area contributed by atoms with Crippen LogP contribution in [0.1, 0.15) is 0 Å². The predicted octanol–water partition coefficient (Wildman–Crippen LogP) is 4.53. The summed E-state index contributed by atoms with van der Waals surface area (Å²) in [6.45, 7) is 4.47. The Bertz CT molecular complexity index is 323. The summed E-state index contributed by atoms with van der Waals surface area (Å²) in [5.74, 6) is 0. The number of rotatable bonds is 3. The average Bonchev–Trinajstić information content (AvgIpc) is 2.02. The Morgan fingerprint density at radius 3 is 2.62 bits per heavy atom. The molecule has 0 unspecified atom stereocenters. The van der Waals surface area contributed by atoms with Crippen LogP contribution in [-0.2, 0) is 0 Å². The molecule has 0 radical (unpaired) electrons. The van der Waals surface area contributed by atoms with Crippen LogP contribution in [0, 0.1) is 0 Å². The number of halogens is 3. The zero-order valence-corrected chi connectivity index (χ0v) is 11.5. The molecule has 0 fully saturated rings. The lowest BCUT2D eigenvalue weighted by molar-refractivity contribution is 1.32. The van der Waals surface area contributed by atoms with Crippen molar-refractivity contribution in [3.05, 3.63) is 38.2 Å². The molecule has 0 atom stereocenters. The van der Waals surface area contributed by atoms with Crippen molar-refractivity contribution in [3.63, 3.8) is 0 Å². The van der Waals surface area contributed by atoms with E-state index in [-0.39, 0.29) is 0 Å². The van der Waals surface area contributed by atoms with Gasteiger partial charge in [-0.1, -0.05) is 38.4 Å². The van der Waals surface area contributed by atoms with Gasteiger partial charge in [0.05, 0.1) is 0 Å². The van der Waals surface area contributed by atoms with Crippen LogP contribution < -0.4 is 5.32 Å². The Balaban J connectivity index is 2.72. The highest BCUT2D eigenvalue weighted by atomic mass is 79.9. The van der Waals surface area contributed by atoms with Crippen LogP contribution in [-0.4, -0.2) is 6.54 Å². The normalized spacial score (nSPS) is 9.77. The van der Waals surface area contributed by atoms with Gasteiger partial charge in [0.25, 0.3) is 0 Å². The summed E-state index contributed by atoms with van der Waals surface area (Å²) in [6.07, 6.45) is 0. The lowest BCUT2D eigenvalue weighted by Crippen LogP contribution is -2.00. The molecule has 0 bridgehead atoms. The minimum atomic E-state index is 0.722. The first kappa shape index (κ1) is 11.3. The molecule has 1 nitrogen and oxygen atoms in total. The van der Waals surface area contributed by atoms with Crippen LogP contribution in [0.15, 0.2) is 38.2 Å². The summed E-state index contributed by atoms with van der Waals surface area (Å²) < 4.78 is 3.03. The van der Waals surface area contributed by atoms with Gasteiger partial charge in [-0.25, -0.2) is 0 Å². The molecule has 1 aromatic rings. The number of hydrogen-bond donors (Lipinski definition) is 1. The van der Waals surface area contributed by atoms with E-state index in [4.69, 9.17) is 0 Å². The molecule has 4 heteroatoms. The Labute approximate surface area is 103 Å². The lowest BCUT2D eigenvalue weighted by Gasteiger charge is -2.07. The molecule has 0 spiro atoms. The van der Waals surface area contributed by atoms with Crippen molar-refractivity contribution >= 4 is 53.5 Å². The van der Waals surface area contributed by atoms with E-state index in [1.165, 1.54) is 0 Å². The number of hydrogen-bond acceptors (Lipinski definition) is 1. The molecule has 0 aliphatic carbocycles. The molecule has 0 saturated carbocycles. The third-order valence-electron chi connectivity index (χ3n) is 1.40. The van der Waals surface area contributed by atoms with Gasteiger partial charge in [0.2, 0.25) is 0 Å². The first-order valence-corrected chi connectivity index (χ1v) is 5.99. The monoisotopic (exact) mass is 367 g/mol. The summed E-state index contributed by atoms with van der Waals surface area (Å²) in [5, 5.41) is 3.23. The molecular weight excluding hydrogens is 362 g/mol. The van der Waals surface area contributed by atoms with Gasteiger partial charge in [0.15, 0.2) is 0 Å². The molecular formula is C9H8Br3N. The molecule has 0 amide bonds. The maximum absolute atomic E-state index is 3.75. The largest absolute Gasteiger partial charge is 0.380 e. The highest BCUT2D eigenvalue weighted by molar-refractivity contribution is 9.11. The summed E-state index contributed by atoms with van der Waals surface area (Å²) in [7, 11) is 0. The van der Waals surface area contributed by atoms with E-state index in [1.54, 1.807) is 0 Å². The molecule has 0 heterocycles. The first-order valence-electron chi connectivity index (χ1n) is 3.62. The highest BCUT2D eigenvalue weighted by Crippen LogP contribution is 2.26. The fourth-order valence-electron chi connectivity index (χ4n) is 0.824. The van der Waals surface area contributed by atoms with Gasteiger partial charge in [0.1, 0.15) is 0 Å². The average molecular weight is 370 g/mol. The first-order chi connectivity index (χ1) is 6.09. The third-order valence-corrected chi connectivity index (χ3v) is 2.83. The third kappa shape index (κ3) is 3.83. The zero-order valence-electron chi connectivity index (χ0n) is 6.78. The van der Waals surface area contributed by atoms with Crippen LogP contribution in [0.5, 0.6) is 0 Å². The topological polar surface area (TPSA) is 12.0 Å². The van der Waals surface area contributed by atoms with Crippen LogP contribution in [0.25, 0.3) is 0 Å². The predicted molar refractivity (Wildman–Crippen MR) is 68.4 cm³/mol.